The molecular formula is C37H31Cl4Zr2. The molecule has 0 aliphatic heterocycles. The van der Waals surface area contributed by atoms with Crippen LogP contribution in [0, 0.1) is 0 Å². The number of halogens is 4. The topological polar surface area (TPSA) is 0 Å². The van der Waals surface area contributed by atoms with Crippen LogP contribution in [0.25, 0.3) is 22.3 Å². The summed E-state index contributed by atoms with van der Waals surface area (Å²) < 4.78 is 5.38. The third-order valence-electron chi connectivity index (χ3n) is 8.20. The predicted octanol–water partition coefficient (Wildman–Crippen LogP) is 5.34. The van der Waals surface area contributed by atoms with Crippen LogP contribution < -0.4 is 24.8 Å². The van der Waals surface area contributed by atoms with Gasteiger partial charge in [0.05, 0.1) is 0 Å². The van der Waals surface area contributed by atoms with Crippen LogP contribution in [-0.2, 0) is 42.6 Å². The van der Waals surface area contributed by atoms with E-state index in [1.54, 1.807) is 3.28 Å². The van der Waals surface area contributed by atoms with E-state index in [0.29, 0.717) is 11.8 Å². The Morgan fingerprint density at radius 1 is 0.558 bits per heavy atom. The second kappa shape index (κ2) is 16.4. The van der Waals surface area contributed by atoms with Crippen LogP contribution in [-0.4, -0.2) is 0 Å². The zero-order valence-electron chi connectivity index (χ0n) is 23.8. The van der Waals surface area contributed by atoms with Gasteiger partial charge in [0, 0.05) is 11.8 Å². The summed E-state index contributed by atoms with van der Waals surface area (Å²) in [5.41, 5.74) is 11.4. The van der Waals surface area contributed by atoms with E-state index < -0.39 is 19.4 Å². The first-order valence-electron chi connectivity index (χ1n) is 14.1. The molecule has 8 rings (SSSR count). The molecule has 0 amide bonds. The van der Waals surface area contributed by atoms with Crippen LogP contribution >= 0.6 is 17.0 Å². The van der Waals surface area contributed by atoms with Gasteiger partial charge in [-0.1, -0.05) is 97.1 Å². The molecule has 43 heavy (non-hydrogen) atoms. The van der Waals surface area contributed by atoms with Gasteiger partial charge in [0.2, 0.25) is 0 Å². The number of hydrogen-bond donors (Lipinski definition) is 0. The van der Waals surface area contributed by atoms with Crippen LogP contribution in [0.15, 0.2) is 140 Å². The third-order valence-corrected chi connectivity index (χ3v) is 15.7. The summed E-state index contributed by atoms with van der Waals surface area (Å²) in [5.74, 6) is 0.763. The molecule has 4 aromatic carbocycles. The van der Waals surface area contributed by atoms with E-state index in [1.807, 2.05) is 12.2 Å². The molecule has 0 bridgehead atoms. The number of rotatable bonds is 3. The zero-order valence-corrected chi connectivity index (χ0v) is 31.7. The minimum atomic E-state index is -1.96. The SMILES string of the molecule is [CH3][Zr+2][C]1=CC=CC1.[Cl-].[Cl-].[Cl][Zr]([Cl])[C]1=CC=CC1.c1ccc2c(c1)-c1ccccc1C2C1c2ccccc2-c2ccccc21. The maximum absolute atomic E-state index is 5.74. The van der Waals surface area contributed by atoms with E-state index >= 15 is 0 Å². The fraction of sp³-hybridized carbons (Fsp3) is 0.135. The largest absolute Gasteiger partial charge is 0.0619 e. The van der Waals surface area contributed by atoms with Crippen molar-refractivity contribution in [2.24, 2.45) is 0 Å². The Morgan fingerprint density at radius 3 is 1.19 bits per heavy atom. The average molecular weight is 800 g/mol. The van der Waals surface area contributed by atoms with Crippen molar-refractivity contribution >= 4 is 17.0 Å². The minimum Gasteiger partial charge on any atom is -0.0619 e. The Bertz CT molecular complexity index is 1500. The van der Waals surface area contributed by atoms with Gasteiger partial charge in [-0.25, -0.2) is 0 Å². The maximum atomic E-state index is 5.74. The van der Waals surface area contributed by atoms with Crippen molar-refractivity contribution in [3.8, 4) is 22.3 Å². The molecular weight excluding hydrogens is 769 g/mol. The molecule has 215 valence electrons. The molecule has 0 radical (unpaired) electrons. The molecule has 0 saturated carbocycles. The molecule has 0 atom stereocenters. The van der Waals surface area contributed by atoms with Crippen LogP contribution in [0.1, 0.15) is 46.9 Å². The Hall–Kier alpha value is -1.23. The van der Waals surface area contributed by atoms with Crippen molar-refractivity contribution in [3.05, 3.63) is 162 Å². The Labute approximate surface area is 295 Å². The normalized spacial score (nSPS) is 14.6. The summed E-state index contributed by atoms with van der Waals surface area (Å²) in [6.45, 7) is 0. The molecule has 0 N–H and O–H groups in total. The van der Waals surface area contributed by atoms with Gasteiger partial charge in [-0.15, -0.1) is 0 Å². The Balaban J connectivity index is 0.000000207. The smallest absolute Gasteiger partial charge is 0.0211 e. The molecule has 0 spiro atoms. The molecule has 0 saturated heterocycles. The summed E-state index contributed by atoms with van der Waals surface area (Å²) in [6.07, 6.45) is 15.1. The van der Waals surface area contributed by atoms with Gasteiger partial charge in [0.15, 0.2) is 0 Å². The fourth-order valence-corrected chi connectivity index (χ4v) is 10.6. The van der Waals surface area contributed by atoms with Gasteiger partial charge in [0.25, 0.3) is 0 Å². The molecule has 4 aromatic rings. The van der Waals surface area contributed by atoms with E-state index in [9.17, 15) is 0 Å². The standard InChI is InChI=1S/C26H18.2C5H5.CH3.4ClH.2Zr/c1-5-13-21-17(9-1)18-10-2-6-14-22(18)25(21)26-23-15-7-3-11-19(23)20-12-4-8-16-24(20)26;2*1-2-4-5-3-1;;;;;;;/h1-16,25-26H;2*1-3H,4H2;1H3;4*1H;;/q;;;;;;;;2*+2/p-4. The first-order chi connectivity index (χ1) is 20.2. The van der Waals surface area contributed by atoms with E-state index in [-0.39, 0.29) is 48.0 Å². The van der Waals surface area contributed by atoms with Gasteiger partial charge < -0.3 is 24.8 Å². The summed E-state index contributed by atoms with van der Waals surface area (Å²) >= 11 is -2.01. The molecule has 4 aliphatic carbocycles. The van der Waals surface area contributed by atoms with Crippen molar-refractivity contribution in [2.75, 3.05) is 0 Å². The monoisotopic (exact) mass is 795 g/mol. The molecule has 6 heteroatoms. The maximum Gasteiger partial charge on any atom is 0.0211 e. The van der Waals surface area contributed by atoms with Crippen molar-refractivity contribution in [1.29, 1.82) is 0 Å². The van der Waals surface area contributed by atoms with Gasteiger partial charge in [-0.2, -0.15) is 0 Å². The van der Waals surface area contributed by atoms with E-state index in [1.165, 1.54) is 54.2 Å². The minimum absolute atomic E-state index is 0. The molecule has 0 heterocycles. The number of allylic oxidation sites excluding steroid dienone is 8. The summed E-state index contributed by atoms with van der Waals surface area (Å²) in [7, 11) is 11.5. The second-order valence-electron chi connectivity index (χ2n) is 10.5. The summed E-state index contributed by atoms with van der Waals surface area (Å²) in [4.78, 5) is 0. The van der Waals surface area contributed by atoms with Crippen molar-refractivity contribution in [1.82, 2.24) is 0 Å². The van der Waals surface area contributed by atoms with Crippen molar-refractivity contribution < 1.29 is 67.4 Å². The van der Waals surface area contributed by atoms with Gasteiger partial charge in [0.1, 0.15) is 0 Å². The first-order valence-corrected chi connectivity index (χ1v) is 25.4. The van der Waals surface area contributed by atoms with Crippen molar-refractivity contribution in [3.63, 3.8) is 0 Å². The average Bonchev–Trinajstić information content (AvgIpc) is 3.83. The summed E-state index contributed by atoms with van der Waals surface area (Å²) in [5, 5.41) is 0. The molecule has 4 aliphatic rings. The molecule has 0 unspecified atom stereocenters. The molecule has 0 fully saturated rings. The van der Waals surface area contributed by atoms with Gasteiger partial charge in [-0.3, -0.25) is 0 Å². The second-order valence-corrected chi connectivity index (χ2v) is 21.7. The van der Waals surface area contributed by atoms with Crippen LogP contribution in [0.2, 0.25) is 4.63 Å². The quantitative estimate of drug-likeness (QED) is 0.263. The number of hydrogen-bond acceptors (Lipinski definition) is 0. The Morgan fingerprint density at radius 2 is 0.930 bits per heavy atom. The number of fused-ring (bicyclic) bond motifs is 6. The number of benzene rings is 4. The van der Waals surface area contributed by atoms with Gasteiger partial charge in [-0.05, 0) is 44.5 Å². The first kappa shape index (κ1) is 34.6. The van der Waals surface area contributed by atoms with E-state index in [0.717, 1.165) is 6.42 Å². The van der Waals surface area contributed by atoms with E-state index in [4.69, 9.17) is 17.0 Å². The fourth-order valence-electron chi connectivity index (χ4n) is 6.33. The third kappa shape index (κ3) is 7.44. The van der Waals surface area contributed by atoms with Crippen LogP contribution in [0.5, 0.6) is 0 Å². The van der Waals surface area contributed by atoms with Crippen LogP contribution in [0.4, 0.5) is 0 Å². The predicted molar refractivity (Wildman–Crippen MR) is 169 cm³/mol. The van der Waals surface area contributed by atoms with E-state index in [2.05, 4.69) is 126 Å². The van der Waals surface area contributed by atoms with Crippen molar-refractivity contribution in [2.45, 2.75) is 29.3 Å². The molecule has 0 aromatic heterocycles. The zero-order chi connectivity index (χ0) is 28.2. The van der Waals surface area contributed by atoms with Gasteiger partial charge >= 0.3 is 120 Å². The van der Waals surface area contributed by atoms with Crippen LogP contribution in [0.3, 0.4) is 0 Å². The Kier molecular flexibility index (Phi) is 13.2. The molecule has 0 nitrogen and oxygen atoms in total. The summed E-state index contributed by atoms with van der Waals surface area (Å²) in [6, 6.07) is 35.8.